The van der Waals surface area contributed by atoms with Crippen molar-refractivity contribution in [1.82, 2.24) is 10.2 Å². The summed E-state index contributed by atoms with van der Waals surface area (Å²) < 4.78 is 5.63. The molecule has 1 N–H and O–H groups in total. The minimum Gasteiger partial charge on any atom is -0.377 e. The van der Waals surface area contributed by atoms with Crippen LogP contribution >= 0.6 is 0 Å². The van der Waals surface area contributed by atoms with Gasteiger partial charge in [0.1, 0.15) is 0 Å². The van der Waals surface area contributed by atoms with Gasteiger partial charge in [-0.25, -0.2) is 0 Å². The lowest BCUT2D eigenvalue weighted by Gasteiger charge is -2.35. The number of nitrogens with one attached hydrogen (secondary N) is 1. The maximum absolute atomic E-state index is 5.63. The van der Waals surface area contributed by atoms with E-state index in [1.165, 1.54) is 12.8 Å². The molecule has 0 aliphatic heterocycles. The summed E-state index contributed by atoms with van der Waals surface area (Å²) in [6.45, 7) is 17.3. The molecule has 3 heteroatoms. The van der Waals surface area contributed by atoms with Crippen molar-refractivity contribution in [3.05, 3.63) is 0 Å². The Kier molecular flexibility index (Phi) is 9.67. The summed E-state index contributed by atoms with van der Waals surface area (Å²) in [5.41, 5.74) is 0.353. The molecule has 0 amide bonds. The summed E-state index contributed by atoms with van der Waals surface area (Å²) in [4.78, 5) is 2.40. The van der Waals surface area contributed by atoms with Crippen LogP contribution in [0.25, 0.3) is 0 Å². The topological polar surface area (TPSA) is 24.5 Å². The molecule has 0 aromatic rings. The minimum atomic E-state index is 0.332. The fraction of sp³-hybridized carbons (Fsp3) is 1.00. The monoisotopic (exact) mass is 272 g/mol. The predicted octanol–water partition coefficient (Wildman–Crippen LogP) is 3.15. The Morgan fingerprint density at radius 3 is 2.32 bits per heavy atom. The molecule has 116 valence electrons. The number of rotatable bonds is 11. The molecule has 1 atom stereocenters. The summed E-state index contributed by atoms with van der Waals surface area (Å²) in [7, 11) is 2.20. The number of hydrogen-bond acceptors (Lipinski definition) is 3. The Morgan fingerprint density at radius 2 is 1.84 bits per heavy atom. The Hall–Kier alpha value is -0.120. The lowest BCUT2D eigenvalue weighted by Crippen LogP contribution is -2.43. The highest BCUT2D eigenvalue weighted by atomic mass is 16.5. The Labute approximate surface area is 121 Å². The van der Waals surface area contributed by atoms with Crippen LogP contribution in [-0.2, 0) is 4.74 Å². The van der Waals surface area contributed by atoms with E-state index < -0.39 is 0 Å². The van der Waals surface area contributed by atoms with Crippen LogP contribution < -0.4 is 5.32 Å². The van der Waals surface area contributed by atoms with Gasteiger partial charge in [-0.05, 0) is 32.7 Å². The van der Waals surface area contributed by atoms with Gasteiger partial charge in [-0.15, -0.1) is 0 Å². The van der Waals surface area contributed by atoms with Crippen LogP contribution in [0.2, 0.25) is 0 Å². The first kappa shape index (κ1) is 18.9. The second kappa shape index (κ2) is 9.73. The normalized spacial score (nSPS) is 15.5. The number of hydrogen-bond donors (Lipinski definition) is 1. The molecule has 0 spiro atoms. The fourth-order valence-corrected chi connectivity index (χ4v) is 2.45. The van der Waals surface area contributed by atoms with Crippen LogP contribution in [0, 0.1) is 5.41 Å². The smallest absolute Gasteiger partial charge is 0.0596 e. The fourth-order valence-electron chi connectivity index (χ4n) is 2.45. The molecule has 0 radical (unpaired) electrons. The van der Waals surface area contributed by atoms with E-state index in [0.717, 1.165) is 26.2 Å². The molecule has 0 saturated heterocycles. The van der Waals surface area contributed by atoms with E-state index >= 15 is 0 Å². The van der Waals surface area contributed by atoms with Crippen LogP contribution in [0.15, 0.2) is 0 Å². The van der Waals surface area contributed by atoms with Gasteiger partial charge in [-0.3, -0.25) is 0 Å². The van der Waals surface area contributed by atoms with Crippen molar-refractivity contribution in [1.29, 1.82) is 0 Å². The molecular weight excluding hydrogens is 236 g/mol. The molecule has 19 heavy (non-hydrogen) atoms. The zero-order chi connectivity index (χ0) is 14.9. The minimum absolute atomic E-state index is 0.332. The summed E-state index contributed by atoms with van der Waals surface area (Å²) in [5.74, 6) is 0. The van der Waals surface area contributed by atoms with Crippen molar-refractivity contribution in [2.75, 3.05) is 33.3 Å². The van der Waals surface area contributed by atoms with E-state index in [4.69, 9.17) is 4.74 Å². The second-order valence-corrected chi connectivity index (χ2v) is 6.75. The molecule has 3 nitrogen and oxygen atoms in total. The van der Waals surface area contributed by atoms with E-state index in [2.05, 4.69) is 58.8 Å². The molecule has 0 fully saturated rings. The Morgan fingerprint density at radius 1 is 1.21 bits per heavy atom. The zero-order valence-corrected chi connectivity index (χ0v) is 14.3. The second-order valence-electron chi connectivity index (χ2n) is 6.75. The van der Waals surface area contributed by atoms with E-state index in [1.54, 1.807) is 0 Å². The molecule has 0 aliphatic rings. The molecule has 0 heterocycles. The van der Waals surface area contributed by atoms with Crippen molar-refractivity contribution in [2.24, 2.45) is 5.41 Å². The number of likely N-dealkylation sites (N-methyl/N-ethyl adjacent to an activating group) is 1. The summed E-state index contributed by atoms with van der Waals surface area (Å²) >= 11 is 0. The zero-order valence-electron chi connectivity index (χ0n) is 14.3. The first-order valence-electron chi connectivity index (χ1n) is 7.82. The van der Waals surface area contributed by atoms with Gasteiger partial charge in [0.25, 0.3) is 0 Å². The van der Waals surface area contributed by atoms with Gasteiger partial charge in [0.2, 0.25) is 0 Å². The Balaban J connectivity index is 4.15. The molecule has 0 rings (SSSR count). The lowest BCUT2D eigenvalue weighted by molar-refractivity contribution is 0.0545. The van der Waals surface area contributed by atoms with Crippen LogP contribution in [-0.4, -0.2) is 50.3 Å². The molecular formula is C16H36N2O. The average Bonchev–Trinajstić information content (AvgIpc) is 2.26. The first-order valence-corrected chi connectivity index (χ1v) is 7.82. The standard InChI is InChI=1S/C16H36N2O/c1-8-9-16(6,12-17-14(2)3)13-18(7)10-11-19-15(4)5/h14-15,17H,8-13H2,1-7H3. The number of ether oxygens (including phenoxy) is 1. The molecule has 1 unspecified atom stereocenters. The van der Waals surface area contributed by atoms with Crippen LogP contribution in [0.3, 0.4) is 0 Å². The number of nitrogens with zero attached hydrogens (tertiary/aromatic N) is 1. The van der Waals surface area contributed by atoms with Crippen molar-refractivity contribution in [3.63, 3.8) is 0 Å². The first-order chi connectivity index (χ1) is 8.79. The average molecular weight is 272 g/mol. The summed E-state index contributed by atoms with van der Waals surface area (Å²) in [5, 5.41) is 3.59. The third-order valence-corrected chi connectivity index (χ3v) is 3.37. The highest BCUT2D eigenvalue weighted by molar-refractivity contribution is 4.80. The van der Waals surface area contributed by atoms with Gasteiger partial charge in [-0.2, -0.15) is 0 Å². The van der Waals surface area contributed by atoms with Gasteiger partial charge in [0.05, 0.1) is 12.7 Å². The molecule has 0 saturated carbocycles. The maximum atomic E-state index is 5.63. The van der Waals surface area contributed by atoms with Crippen LogP contribution in [0.4, 0.5) is 0 Å². The molecule has 0 bridgehead atoms. The van der Waals surface area contributed by atoms with Crippen LogP contribution in [0.1, 0.15) is 54.4 Å². The quantitative estimate of drug-likeness (QED) is 0.625. The largest absolute Gasteiger partial charge is 0.377 e. The highest BCUT2D eigenvalue weighted by Gasteiger charge is 2.25. The van der Waals surface area contributed by atoms with E-state index in [-0.39, 0.29) is 0 Å². The van der Waals surface area contributed by atoms with E-state index in [0.29, 0.717) is 17.6 Å². The van der Waals surface area contributed by atoms with Crippen molar-refractivity contribution in [3.8, 4) is 0 Å². The van der Waals surface area contributed by atoms with Gasteiger partial charge >= 0.3 is 0 Å². The maximum Gasteiger partial charge on any atom is 0.0596 e. The van der Waals surface area contributed by atoms with E-state index in [1.807, 2.05) is 0 Å². The highest BCUT2D eigenvalue weighted by Crippen LogP contribution is 2.23. The molecule has 0 aromatic heterocycles. The van der Waals surface area contributed by atoms with Crippen LogP contribution in [0.5, 0.6) is 0 Å². The van der Waals surface area contributed by atoms with Gasteiger partial charge in [0.15, 0.2) is 0 Å². The predicted molar refractivity (Wildman–Crippen MR) is 84.7 cm³/mol. The van der Waals surface area contributed by atoms with Gasteiger partial charge < -0.3 is 15.0 Å². The van der Waals surface area contributed by atoms with Crippen molar-refractivity contribution < 1.29 is 4.74 Å². The van der Waals surface area contributed by atoms with E-state index in [9.17, 15) is 0 Å². The third kappa shape index (κ3) is 10.3. The SMILES string of the molecule is CCCC(C)(CNC(C)C)CN(C)CCOC(C)C. The third-order valence-electron chi connectivity index (χ3n) is 3.37. The van der Waals surface area contributed by atoms with Gasteiger partial charge in [0, 0.05) is 25.7 Å². The van der Waals surface area contributed by atoms with Crippen molar-refractivity contribution in [2.45, 2.75) is 66.5 Å². The molecule has 0 aromatic carbocycles. The summed E-state index contributed by atoms with van der Waals surface area (Å²) in [6.07, 6.45) is 2.84. The summed E-state index contributed by atoms with van der Waals surface area (Å²) in [6, 6.07) is 0.561. The molecule has 0 aliphatic carbocycles. The lowest BCUT2D eigenvalue weighted by atomic mass is 9.84. The van der Waals surface area contributed by atoms with Gasteiger partial charge in [-0.1, -0.05) is 34.1 Å². The van der Waals surface area contributed by atoms with Crippen molar-refractivity contribution >= 4 is 0 Å². The Bertz CT molecular complexity index is 219.